The molecular weight excluding hydrogens is 426 g/mol. The van der Waals surface area contributed by atoms with Gasteiger partial charge in [-0.15, -0.1) is 0 Å². The number of esters is 3. The maximum absolute atomic E-state index is 12.8. The van der Waals surface area contributed by atoms with Gasteiger partial charge in [0.1, 0.15) is 12.7 Å². The average Bonchev–Trinajstić information content (AvgIpc) is 3.24. The summed E-state index contributed by atoms with van der Waals surface area (Å²) in [6, 6.07) is 0. The van der Waals surface area contributed by atoms with Crippen LogP contribution in [-0.2, 0) is 40.4 Å². The molecule has 32 heavy (non-hydrogen) atoms. The van der Waals surface area contributed by atoms with Crippen LogP contribution in [0.1, 0.15) is 27.0 Å². The van der Waals surface area contributed by atoms with Gasteiger partial charge in [-0.25, -0.2) is 4.98 Å². The Morgan fingerprint density at radius 3 is 2.28 bits per heavy atom. The van der Waals surface area contributed by atoms with E-state index in [1.54, 1.807) is 26.0 Å². The van der Waals surface area contributed by atoms with Crippen molar-refractivity contribution in [2.45, 2.75) is 45.3 Å². The minimum Gasteiger partial charge on any atom is -0.463 e. The molecule has 1 fully saturated rings. The minimum atomic E-state index is -1.11. The van der Waals surface area contributed by atoms with Crippen LogP contribution >= 0.6 is 0 Å². The maximum atomic E-state index is 12.8. The van der Waals surface area contributed by atoms with E-state index in [0.717, 1.165) is 0 Å². The van der Waals surface area contributed by atoms with E-state index in [-0.39, 0.29) is 23.3 Å². The zero-order valence-corrected chi connectivity index (χ0v) is 18.6. The Hall–Kier alpha value is -3.48. The average molecular weight is 451 g/mol. The molecule has 174 valence electrons. The molecule has 0 unspecified atom stereocenters. The molecule has 0 aliphatic carbocycles. The zero-order chi connectivity index (χ0) is 23.7. The molecule has 4 atom stereocenters. The molecule has 0 bridgehead atoms. The SMILES string of the molecule is CC(=O)OC[C@H]1O[C@@H](n2cnc3c(=O)n(C)c(N(C)C)nc32)[C@H](OC(C)=O)[C@@H]1OC(C)=O. The number of nitrogens with zero attached hydrogens (tertiary/aromatic N) is 5. The highest BCUT2D eigenvalue weighted by molar-refractivity contribution is 5.72. The van der Waals surface area contributed by atoms with E-state index < -0.39 is 42.4 Å². The first-order valence-electron chi connectivity index (χ1n) is 9.75. The number of fused-ring (bicyclic) bond motifs is 1. The van der Waals surface area contributed by atoms with Crippen LogP contribution < -0.4 is 10.5 Å². The molecule has 0 amide bonds. The van der Waals surface area contributed by atoms with Crippen LogP contribution in [0.25, 0.3) is 11.2 Å². The van der Waals surface area contributed by atoms with Crippen LogP contribution in [0, 0.1) is 0 Å². The molecule has 1 aliphatic heterocycles. The molecule has 3 heterocycles. The van der Waals surface area contributed by atoms with E-state index in [9.17, 15) is 19.2 Å². The molecule has 3 rings (SSSR count). The first-order chi connectivity index (χ1) is 15.0. The van der Waals surface area contributed by atoms with Gasteiger partial charge >= 0.3 is 17.9 Å². The summed E-state index contributed by atoms with van der Waals surface area (Å²) in [6.45, 7) is 3.38. The topological polar surface area (TPSA) is 144 Å². The summed E-state index contributed by atoms with van der Waals surface area (Å²) in [6.07, 6.45) is -2.84. The fourth-order valence-electron chi connectivity index (χ4n) is 3.54. The van der Waals surface area contributed by atoms with Gasteiger partial charge in [0.25, 0.3) is 5.56 Å². The number of hydrogen-bond donors (Lipinski definition) is 0. The van der Waals surface area contributed by atoms with Gasteiger partial charge in [0.05, 0.1) is 6.33 Å². The molecule has 0 saturated carbocycles. The molecule has 1 aliphatic rings. The number of anilines is 1. The molecule has 0 N–H and O–H groups in total. The first kappa shape index (κ1) is 23.2. The summed E-state index contributed by atoms with van der Waals surface area (Å²) in [5.41, 5.74) is -0.114. The smallest absolute Gasteiger partial charge is 0.303 e. The van der Waals surface area contributed by atoms with Crippen LogP contribution in [0.4, 0.5) is 5.95 Å². The van der Waals surface area contributed by atoms with Crippen LogP contribution in [0.5, 0.6) is 0 Å². The largest absolute Gasteiger partial charge is 0.463 e. The van der Waals surface area contributed by atoms with Crippen molar-refractivity contribution in [1.29, 1.82) is 0 Å². The predicted octanol–water partition coefficient (Wildman–Crippen LogP) is -0.480. The van der Waals surface area contributed by atoms with E-state index in [1.807, 2.05) is 0 Å². The lowest BCUT2D eigenvalue weighted by molar-refractivity contribution is -0.166. The van der Waals surface area contributed by atoms with E-state index >= 15 is 0 Å². The zero-order valence-electron chi connectivity index (χ0n) is 18.6. The number of carbonyl (C=O) groups excluding carboxylic acids is 3. The highest BCUT2D eigenvalue weighted by Crippen LogP contribution is 2.35. The van der Waals surface area contributed by atoms with Crippen LogP contribution in [0.3, 0.4) is 0 Å². The summed E-state index contributed by atoms with van der Waals surface area (Å²) in [5.74, 6) is -1.48. The van der Waals surface area contributed by atoms with Crippen LogP contribution in [0.15, 0.2) is 11.1 Å². The molecule has 13 nitrogen and oxygen atoms in total. The second kappa shape index (κ2) is 8.94. The minimum absolute atomic E-state index is 0.0794. The molecule has 2 aromatic rings. The number of hydrogen-bond acceptors (Lipinski definition) is 11. The number of imidazole rings is 1. The van der Waals surface area contributed by atoms with Crippen molar-refractivity contribution < 1.29 is 33.3 Å². The molecule has 2 aromatic heterocycles. The number of aromatic nitrogens is 4. The lowest BCUT2D eigenvalue weighted by Crippen LogP contribution is -2.40. The summed E-state index contributed by atoms with van der Waals surface area (Å²) < 4.78 is 24.6. The van der Waals surface area contributed by atoms with Crippen LogP contribution in [-0.4, -0.2) is 76.0 Å². The maximum Gasteiger partial charge on any atom is 0.303 e. The molecular formula is C19H25N5O8. The Bertz CT molecular complexity index is 1110. The third-order valence-corrected chi connectivity index (χ3v) is 4.80. The third kappa shape index (κ3) is 4.42. The second-order valence-electron chi connectivity index (χ2n) is 7.51. The van der Waals surface area contributed by atoms with Gasteiger partial charge in [0, 0.05) is 41.9 Å². The summed E-state index contributed by atoms with van der Waals surface area (Å²) in [4.78, 5) is 57.9. The lowest BCUT2D eigenvalue weighted by atomic mass is 10.1. The van der Waals surface area contributed by atoms with Crippen molar-refractivity contribution in [3.05, 3.63) is 16.7 Å². The highest BCUT2D eigenvalue weighted by atomic mass is 16.7. The number of ether oxygens (including phenoxy) is 4. The lowest BCUT2D eigenvalue weighted by Gasteiger charge is -2.24. The summed E-state index contributed by atoms with van der Waals surface area (Å²) in [7, 11) is 5.03. The molecule has 0 spiro atoms. The highest BCUT2D eigenvalue weighted by Gasteiger charge is 2.51. The van der Waals surface area contributed by atoms with Crippen molar-refractivity contribution in [3.8, 4) is 0 Å². The van der Waals surface area contributed by atoms with Crippen molar-refractivity contribution in [3.63, 3.8) is 0 Å². The van der Waals surface area contributed by atoms with E-state index in [2.05, 4.69) is 9.97 Å². The summed E-state index contributed by atoms with van der Waals surface area (Å²) >= 11 is 0. The predicted molar refractivity (Wildman–Crippen MR) is 109 cm³/mol. The molecule has 1 saturated heterocycles. The van der Waals surface area contributed by atoms with E-state index in [1.165, 1.54) is 36.2 Å². The van der Waals surface area contributed by atoms with Crippen LogP contribution in [0.2, 0.25) is 0 Å². The quantitative estimate of drug-likeness (QED) is 0.415. The fraction of sp³-hybridized carbons (Fsp3) is 0.579. The summed E-state index contributed by atoms with van der Waals surface area (Å²) in [5, 5.41) is 0. The first-order valence-corrected chi connectivity index (χ1v) is 9.75. The molecule has 0 radical (unpaired) electrons. The van der Waals surface area contributed by atoms with Gasteiger partial charge in [-0.05, 0) is 0 Å². The standard InChI is InChI=1S/C19H25N5O8/c1-9(25)29-7-12-14(30-10(2)26)15(31-11(3)27)18(32-12)24-8-20-13-16(24)21-19(22(4)5)23(6)17(13)28/h8,12,14-15,18H,7H2,1-6H3/t12-,14-,15-,18-/m1/s1. The van der Waals surface area contributed by atoms with Crippen molar-refractivity contribution in [2.75, 3.05) is 25.6 Å². The Morgan fingerprint density at radius 1 is 1.09 bits per heavy atom. The monoisotopic (exact) mass is 451 g/mol. The van der Waals surface area contributed by atoms with Crippen molar-refractivity contribution in [2.24, 2.45) is 7.05 Å². The van der Waals surface area contributed by atoms with E-state index in [4.69, 9.17) is 18.9 Å². The third-order valence-electron chi connectivity index (χ3n) is 4.80. The molecule has 13 heteroatoms. The van der Waals surface area contributed by atoms with Gasteiger partial charge < -0.3 is 23.8 Å². The Morgan fingerprint density at radius 2 is 1.72 bits per heavy atom. The van der Waals surface area contributed by atoms with E-state index in [0.29, 0.717) is 5.95 Å². The second-order valence-corrected chi connectivity index (χ2v) is 7.51. The van der Waals surface area contributed by atoms with Gasteiger partial charge in [0.2, 0.25) is 5.95 Å². The number of rotatable bonds is 6. The fourth-order valence-corrected chi connectivity index (χ4v) is 3.54. The Kier molecular flexibility index (Phi) is 6.48. The van der Waals surface area contributed by atoms with Crippen molar-refractivity contribution >= 4 is 35.0 Å². The van der Waals surface area contributed by atoms with Gasteiger partial charge in [-0.1, -0.05) is 0 Å². The van der Waals surface area contributed by atoms with Gasteiger partial charge in [0.15, 0.2) is 29.6 Å². The van der Waals surface area contributed by atoms with Crippen molar-refractivity contribution in [1.82, 2.24) is 19.1 Å². The normalized spacial score (nSPS) is 22.6. The van der Waals surface area contributed by atoms with Gasteiger partial charge in [-0.3, -0.25) is 28.3 Å². The Balaban J connectivity index is 2.12. The number of carbonyl (C=O) groups is 3. The molecule has 0 aromatic carbocycles. The Labute approximate surface area is 182 Å². The van der Waals surface area contributed by atoms with Gasteiger partial charge in [-0.2, -0.15) is 4.98 Å².